The number of rotatable bonds is 5. The fourth-order valence-corrected chi connectivity index (χ4v) is 4.50. The molecule has 0 atom stereocenters. The number of sulfone groups is 1. The van der Waals surface area contributed by atoms with Crippen LogP contribution >= 0.6 is 0 Å². The van der Waals surface area contributed by atoms with Crippen molar-refractivity contribution in [2.75, 3.05) is 6.26 Å². The zero-order chi connectivity index (χ0) is 22.3. The van der Waals surface area contributed by atoms with E-state index in [2.05, 4.69) is 16.3 Å². The number of nitrogens with two attached hydrogens (primary N) is 1. The van der Waals surface area contributed by atoms with Gasteiger partial charge in [0.25, 0.3) is 0 Å². The molecule has 7 nitrogen and oxygen atoms in total. The van der Waals surface area contributed by atoms with Gasteiger partial charge < -0.3 is 5.73 Å². The summed E-state index contributed by atoms with van der Waals surface area (Å²) in [7, 11) is -3.24. The Labute approximate surface area is 185 Å². The highest BCUT2D eigenvalue weighted by Gasteiger charge is 2.17. The second kappa shape index (κ2) is 7.81. The van der Waals surface area contributed by atoms with E-state index in [4.69, 9.17) is 10.7 Å². The molecule has 0 aliphatic carbocycles. The first-order valence-electron chi connectivity index (χ1n) is 10.1. The van der Waals surface area contributed by atoms with Crippen molar-refractivity contribution in [2.24, 2.45) is 5.73 Å². The van der Waals surface area contributed by atoms with Crippen LogP contribution in [-0.2, 0) is 22.1 Å². The normalized spacial score (nSPS) is 11.9. The van der Waals surface area contributed by atoms with E-state index < -0.39 is 9.84 Å². The summed E-state index contributed by atoms with van der Waals surface area (Å²) in [5, 5.41) is 9.22. The van der Waals surface area contributed by atoms with Crippen LogP contribution < -0.4 is 5.73 Å². The molecule has 3 heterocycles. The Morgan fingerprint density at radius 2 is 1.69 bits per heavy atom. The molecule has 0 radical (unpaired) electrons. The fraction of sp³-hybridized carbons (Fsp3) is 0.125. The largest absolute Gasteiger partial charge is 0.326 e. The lowest BCUT2D eigenvalue weighted by Crippen LogP contribution is -2.05. The van der Waals surface area contributed by atoms with Crippen molar-refractivity contribution < 1.29 is 8.42 Å². The van der Waals surface area contributed by atoms with Crippen LogP contribution in [0.4, 0.5) is 0 Å². The Morgan fingerprint density at radius 1 is 0.938 bits per heavy atom. The molecule has 32 heavy (non-hydrogen) atoms. The van der Waals surface area contributed by atoms with Crippen LogP contribution in [0.5, 0.6) is 0 Å². The first kappa shape index (κ1) is 20.3. The minimum atomic E-state index is -3.24. The Kier molecular flexibility index (Phi) is 4.96. The van der Waals surface area contributed by atoms with Gasteiger partial charge in [-0.1, -0.05) is 54.6 Å². The van der Waals surface area contributed by atoms with E-state index in [0.29, 0.717) is 18.0 Å². The molecule has 0 saturated heterocycles. The van der Waals surface area contributed by atoms with Gasteiger partial charge in [0.05, 0.1) is 11.2 Å². The Bertz CT molecular complexity index is 1540. The van der Waals surface area contributed by atoms with Crippen molar-refractivity contribution in [1.82, 2.24) is 19.6 Å². The zero-order valence-electron chi connectivity index (χ0n) is 17.4. The highest BCUT2D eigenvalue weighted by atomic mass is 32.2. The van der Waals surface area contributed by atoms with Gasteiger partial charge in [-0.15, -0.1) is 10.2 Å². The Morgan fingerprint density at radius 3 is 2.38 bits per heavy atom. The molecule has 160 valence electrons. The second-order valence-corrected chi connectivity index (χ2v) is 9.92. The molecule has 0 aliphatic heterocycles. The van der Waals surface area contributed by atoms with Gasteiger partial charge in [0.2, 0.25) is 0 Å². The molecule has 2 N–H and O–H groups in total. The highest BCUT2D eigenvalue weighted by molar-refractivity contribution is 7.89. The fourth-order valence-electron chi connectivity index (χ4n) is 3.83. The third kappa shape index (κ3) is 3.74. The van der Waals surface area contributed by atoms with Crippen LogP contribution in [0.1, 0.15) is 11.4 Å². The highest BCUT2D eigenvalue weighted by Crippen LogP contribution is 2.34. The van der Waals surface area contributed by atoms with Crippen LogP contribution in [0.3, 0.4) is 0 Å². The van der Waals surface area contributed by atoms with E-state index in [1.807, 2.05) is 60.7 Å². The van der Waals surface area contributed by atoms with Gasteiger partial charge in [-0.05, 0) is 23.3 Å². The number of hydrogen-bond acceptors (Lipinski definition) is 6. The summed E-state index contributed by atoms with van der Waals surface area (Å²) in [6.07, 6.45) is 2.96. The lowest BCUT2D eigenvalue weighted by molar-refractivity contribution is 0.599. The smallest absolute Gasteiger partial charge is 0.170 e. The van der Waals surface area contributed by atoms with Crippen LogP contribution in [0.15, 0.2) is 72.9 Å². The van der Waals surface area contributed by atoms with Gasteiger partial charge in [-0.25, -0.2) is 13.4 Å². The van der Waals surface area contributed by atoms with Crippen molar-refractivity contribution >= 4 is 26.4 Å². The maximum atomic E-state index is 11.8. The van der Waals surface area contributed by atoms with Crippen molar-refractivity contribution in [3.63, 3.8) is 0 Å². The average Bonchev–Trinajstić information content (AvgIpc) is 3.20. The number of pyridine rings is 2. The van der Waals surface area contributed by atoms with Crippen LogP contribution in [0, 0.1) is 0 Å². The number of benzene rings is 2. The summed E-state index contributed by atoms with van der Waals surface area (Å²) in [4.78, 5) is 4.98. The molecule has 0 spiro atoms. The van der Waals surface area contributed by atoms with E-state index in [-0.39, 0.29) is 5.75 Å². The lowest BCUT2D eigenvalue weighted by Gasteiger charge is -2.12. The Hall–Kier alpha value is -3.62. The van der Waals surface area contributed by atoms with E-state index in [0.717, 1.165) is 38.9 Å². The third-order valence-corrected chi connectivity index (χ3v) is 6.16. The molecule has 0 amide bonds. The van der Waals surface area contributed by atoms with Gasteiger partial charge in [0, 0.05) is 35.5 Å². The van der Waals surface area contributed by atoms with E-state index in [9.17, 15) is 8.42 Å². The average molecular weight is 444 g/mol. The SMILES string of the molecule is CS(=O)(=O)Cc1nnc2c3cc(-c4ccccc4)c(-c4ccc(CN)cc4)nc3ccn12. The molecule has 5 rings (SSSR count). The van der Waals surface area contributed by atoms with Crippen molar-refractivity contribution in [2.45, 2.75) is 12.3 Å². The summed E-state index contributed by atoms with van der Waals surface area (Å²) < 4.78 is 25.3. The number of fused-ring (bicyclic) bond motifs is 3. The van der Waals surface area contributed by atoms with Crippen LogP contribution in [-0.4, -0.2) is 34.3 Å². The minimum Gasteiger partial charge on any atom is -0.326 e. The first-order chi connectivity index (χ1) is 15.4. The molecule has 0 unspecified atom stereocenters. The van der Waals surface area contributed by atoms with Gasteiger partial charge in [0.15, 0.2) is 21.3 Å². The molecule has 3 aromatic heterocycles. The molecule has 0 saturated carbocycles. The summed E-state index contributed by atoms with van der Waals surface area (Å²) in [6, 6.07) is 22.0. The molecule has 8 heteroatoms. The van der Waals surface area contributed by atoms with Gasteiger partial charge in [0.1, 0.15) is 5.75 Å². The van der Waals surface area contributed by atoms with Gasteiger partial charge in [-0.3, -0.25) is 4.40 Å². The summed E-state index contributed by atoms with van der Waals surface area (Å²) in [6.45, 7) is 0.484. The summed E-state index contributed by atoms with van der Waals surface area (Å²) in [5.41, 5.74) is 12.0. The van der Waals surface area contributed by atoms with Crippen molar-refractivity contribution in [3.8, 4) is 22.4 Å². The van der Waals surface area contributed by atoms with Gasteiger partial charge in [-0.2, -0.15) is 0 Å². The minimum absolute atomic E-state index is 0.176. The molecule has 0 aliphatic rings. The lowest BCUT2D eigenvalue weighted by atomic mass is 9.97. The van der Waals surface area contributed by atoms with E-state index >= 15 is 0 Å². The number of aromatic nitrogens is 4. The molecule has 5 aromatic rings. The number of hydrogen-bond donors (Lipinski definition) is 1. The number of nitrogens with zero attached hydrogens (tertiary/aromatic N) is 4. The summed E-state index contributed by atoms with van der Waals surface area (Å²) >= 11 is 0. The second-order valence-electron chi connectivity index (χ2n) is 7.78. The maximum absolute atomic E-state index is 11.8. The standard InChI is InChI=1S/C24H21N5O2S/c1-32(30,31)15-22-27-28-24-20-13-19(17-5-3-2-4-6-17)23(26-21(20)11-12-29(22)24)18-9-7-16(14-25)8-10-18/h2-13H,14-15,25H2,1H3. The van der Waals surface area contributed by atoms with E-state index in [1.165, 1.54) is 6.26 Å². The zero-order valence-corrected chi connectivity index (χ0v) is 18.2. The topological polar surface area (TPSA) is 103 Å². The molecule has 0 fully saturated rings. The molecule has 0 bridgehead atoms. The third-order valence-electron chi connectivity index (χ3n) is 5.38. The van der Waals surface area contributed by atoms with E-state index in [1.54, 1.807) is 10.6 Å². The molecular weight excluding hydrogens is 422 g/mol. The maximum Gasteiger partial charge on any atom is 0.170 e. The Balaban J connectivity index is 1.77. The van der Waals surface area contributed by atoms with Crippen molar-refractivity contribution in [3.05, 3.63) is 84.3 Å². The summed E-state index contributed by atoms with van der Waals surface area (Å²) in [5.74, 6) is 0.205. The molecule has 2 aromatic carbocycles. The predicted molar refractivity (Wildman–Crippen MR) is 126 cm³/mol. The van der Waals surface area contributed by atoms with Crippen molar-refractivity contribution in [1.29, 1.82) is 0 Å². The molecular formula is C24H21N5O2S. The predicted octanol–water partition coefficient (Wildman–Crippen LogP) is 3.61. The van der Waals surface area contributed by atoms with Crippen LogP contribution in [0.2, 0.25) is 0 Å². The monoisotopic (exact) mass is 443 g/mol. The first-order valence-corrected chi connectivity index (χ1v) is 12.2. The van der Waals surface area contributed by atoms with Crippen LogP contribution in [0.25, 0.3) is 38.9 Å². The quantitative estimate of drug-likeness (QED) is 0.445. The van der Waals surface area contributed by atoms with Gasteiger partial charge >= 0.3 is 0 Å².